The lowest BCUT2D eigenvalue weighted by Crippen LogP contribution is -2.19. The van der Waals surface area contributed by atoms with Crippen molar-refractivity contribution in [2.24, 2.45) is 10.3 Å². The summed E-state index contributed by atoms with van der Waals surface area (Å²) >= 11 is 0. The largest absolute Gasteiger partial charge is 0.488 e. The third-order valence-corrected chi connectivity index (χ3v) is 5.18. The Morgan fingerprint density at radius 3 is 1.24 bits per heavy atom. The zero-order valence-corrected chi connectivity index (χ0v) is 18.4. The van der Waals surface area contributed by atoms with Gasteiger partial charge in [0.1, 0.15) is 36.1 Å². The predicted octanol–water partition coefficient (Wildman–Crippen LogP) is 5.90. The molecule has 0 saturated carbocycles. The van der Waals surface area contributed by atoms with Gasteiger partial charge in [0.2, 0.25) is 0 Å². The molecule has 0 atom stereocenters. The van der Waals surface area contributed by atoms with Crippen molar-refractivity contribution in [2.75, 3.05) is 0 Å². The van der Waals surface area contributed by atoms with Gasteiger partial charge in [-0.1, -0.05) is 95.2 Å². The molecular weight excluding hydrogens is 428 g/mol. The van der Waals surface area contributed by atoms with Crippen LogP contribution in [-0.2, 0) is 13.2 Å². The fraction of sp³-hybridized carbons (Fsp3) is 0.0714. The molecule has 4 aromatic rings. The normalized spacial score (nSPS) is 11.8. The van der Waals surface area contributed by atoms with Crippen molar-refractivity contribution in [2.45, 2.75) is 13.2 Å². The number of rotatable bonds is 9. The van der Waals surface area contributed by atoms with E-state index >= 15 is 0 Å². The van der Waals surface area contributed by atoms with Gasteiger partial charge in [0.05, 0.1) is 0 Å². The Morgan fingerprint density at radius 2 is 0.853 bits per heavy atom. The zero-order valence-electron chi connectivity index (χ0n) is 18.4. The molecule has 0 saturated heterocycles. The maximum absolute atomic E-state index is 9.95. The van der Waals surface area contributed by atoms with E-state index in [-0.39, 0.29) is 11.4 Å². The van der Waals surface area contributed by atoms with Crippen molar-refractivity contribution in [3.05, 3.63) is 131 Å². The molecule has 0 aliphatic rings. The molecule has 0 radical (unpaired) electrons. The predicted molar refractivity (Wildman–Crippen MR) is 131 cm³/mol. The topological polar surface area (TPSA) is 83.6 Å². The van der Waals surface area contributed by atoms with Crippen LogP contribution in [0.4, 0.5) is 0 Å². The van der Waals surface area contributed by atoms with Gasteiger partial charge in [-0.05, 0) is 35.4 Å². The molecule has 0 aliphatic heterocycles. The smallest absolute Gasteiger partial charge is 0.143 e. The Morgan fingerprint density at radius 1 is 0.500 bits per heavy atom. The van der Waals surface area contributed by atoms with Crippen LogP contribution in [0.5, 0.6) is 11.5 Å². The van der Waals surface area contributed by atoms with Gasteiger partial charge in [-0.2, -0.15) is 0 Å². The third kappa shape index (κ3) is 5.42. The Bertz CT molecular complexity index is 1170. The summed E-state index contributed by atoms with van der Waals surface area (Å²) in [4.78, 5) is 0. The lowest BCUT2D eigenvalue weighted by atomic mass is 9.98. The van der Waals surface area contributed by atoms with E-state index in [1.54, 1.807) is 36.4 Å². The van der Waals surface area contributed by atoms with Crippen LogP contribution in [0.15, 0.2) is 120 Å². The van der Waals surface area contributed by atoms with Crippen LogP contribution >= 0.6 is 0 Å². The Balaban J connectivity index is 1.62. The van der Waals surface area contributed by atoms with Crippen molar-refractivity contribution in [1.29, 1.82) is 0 Å². The monoisotopic (exact) mass is 452 g/mol. The Labute approximate surface area is 198 Å². The number of nitrogens with zero attached hydrogens (tertiary/aromatic N) is 2. The molecule has 0 bridgehead atoms. The third-order valence-electron chi connectivity index (χ3n) is 5.18. The number of ether oxygens (including phenoxy) is 2. The number of oxime groups is 2. The second-order valence-corrected chi connectivity index (χ2v) is 7.44. The number of hydrogen-bond acceptors (Lipinski definition) is 6. The average Bonchev–Trinajstić information content (AvgIpc) is 2.91. The van der Waals surface area contributed by atoms with E-state index in [1.165, 1.54) is 0 Å². The molecule has 0 fully saturated rings. The van der Waals surface area contributed by atoms with Crippen LogP contribution in [0.3, 0.4) is 0 Å². The first-order chi connectivity index (χ1) is 16.8. The van der Waals surface area contributed by atoms with Gasteiger partial charge in [0, 0.05) is 11.1 Å². The van der Waals surface area contributed by atoms with Crippen molar-refractivity contribution in [3.63, 3.8) is 0 Å². The van der Waals surface area contributed by atoms with Crippen LogP contribution in [0.1, 0.15) is 22.3 Å². The van der Waals surface area contributed by atoms with E-state index in [9.17, 15) is 10.4 Å². The molecule has 34 heavy (non-hydrogen) atoms. The standard InChI is InChI=1S/C28H24N2O4/c31-29-27(23-15-7-9-17-25(23)33-19-21-11-3-1-4-12-21)28(30-32)24-16-8-10-18-26(24)34-20-22-13-5-2-6-14-22/h1-18,31-32H,19-20H2/b29-27+,30-28+. The average molecular weight is 453 g/mol. The molecule has 2 N–H and O–H groups in total. The maximum atomic E-state index is 9.95. The fourth-order valence-electron chi connectivity index (χ4n) is 3.50. The molecule has 0 unspecified atom stereocenters. The molecule has 0 aliphatic carbocycles. The second kappa shape index (κ2) is 11.3. The van der Waals surface area contributed by atoms with E-state index in [1.807, 2.05) is 72.8 Å². The van der Waals surface area contributed by atoms with Crippen LogP contribution in [0.2, 0.25) is 0 Å². The molecule has 0 spiro atoms. The van der Waals surface area contributed by atoms with E-state index in [4.69, 9.17) is 9.47 Å². The summed E-state index contributed by atoms with van der Waals surface area (Å²) in [5.74, 6) is 0.978. The first-order valence-electron chi connectivity index (χ1n) is 10.8. The summed E-state index contributed by atoms with van der Waals surface area (Å²) in [5, 5.41) is 26.8. The van der Waals surface area contributed by atoms with Gasteiger partial charge < -0.3 is 19.9 Å². The first kappa shape index (κ1) is 22.6. The van der Waals surface area contributed by atoms with Crippen molar-refractivity contribution in [3.8, 4) is 11.5 Å². The Kier molecular flexibility index (Phi) is 7.54. The van der Waals surface area contributed by atoms with Gasteiger partial charge in [0.25, 0.3) is 0 Å². The summed E-state index contributed by atoms with van der Waals surface area (Å²) < 4.78 is 12.0. The summed E-state index contributed by atoms with van der Waals surface area (Å²) in [6.07, 6.45) is 0. The summed E-state index contributed by atoms with van der Waals surface area (Å²) in [7, 11) is 0. The molecule has 4 aromatic carbocycles. The van der Waals surface area contributed by atoms with Crippen molar-refractivity contribution >= 4 is 11.4 Å². The van der Waals surface area contributed by atoms with E-state index in [0.29, 0.717) is 35.8 Å². The van der Waals surface area contributed by atoms with E-state index < -0.39 is 0 Å². The minimum atomic E-state index is 0.0573. The molecule has 4 rings (SSSR count). The van der Waals surface area contributed by atoms with Crippen LogP contribution < -0.4 is 9.47 Å². The van der Waals surface area contributed by atoms with Gasteiger partial charge in [-0.3, -0.25) is 0 Å². The minimum absolute atomic E-state index is 0.0573. The molecule has 0 amide bonds. The lowest BCUT2D eigenvalue weighted by molar-refractivity contribution is 0.301. The molecule has 170 valence electrons. The summed E-state index contributed by atoms with van der Waals surface area (Å²) in [6, 6.07) is 33.8. The highest BCUT2D eigenvalue weighted by Crippen LogP contribution is 2.26. The molecule has 6 heteroatoms. The SMILES string of the molecule is O/N=C(/C(=N/O)c1ccccc1OCc1ccccc1)c1ccccc1OCc1ccccc1. The van der Waals surface area contributed by atoms with Gasteiger partial charge in [0.15, 0.2) is 0 Å². The van der Waals surface area contributed by atoms with Gasteiger partial charge >= 0.3 is 0 Å². The van der Waals surface area contributed by atoms with Crippen LogP contribution in [0, 0.1) is 0 Å². The van der Waals surface area contributed by atoms with Crippen LogP contribution in [-0.4, -0.2) is 21.8 Å². The molecular formula is C28H24N2O4. The first-order valence-corrected chi connectivity index (χ1v) is 10.8. The number of hydrogen-bond donors (Lipinski definition) is 2. The van der Waals surface area contributed by atoms with Crippen molar-refractivity contribution in [1.82, 2.24) is 0 Å². The molecule has 6 nitrogen and oxygen atoms in total. The van der Waals surface area contributed by atoms with E-state index in [0.717, 1.165) is 11.1 Å². The highest BCUT2D eigenvalue weighted by Gasteiger charge is 2.22. The number of para-hydroxylation sites is 2. The second-order valence-electron chi connectivity index (χ2n) is 7.44. The summed E-state index contributed by atoms with van der Waals surface area (Å²) in [5.41, 5.74) is 3.06. The van der Waals surface area contributed by atoms with Crippen LogP contribution in [0.25, 0.3) is 0 Å². The highest BCUT2D eigenvalue weighted by molar-refractivity contribution is 6.54. The minimum Gasteiger partial charge on any atom is -0.488 e. The maximum Gasteiger partial charge on any atom is 0.143 e. The zero-order chi connectivity index (χ0) is 23.6. The molecule has 0 aromatic heterocycles. The number of benzene rings is 4. The molecule has 0 heterocycles. The van der Waals surface area contributed by atoms with Crippen molar-refractivity contribution < 1.29 is 19.9 Å². The lowest BCUT2D eigenvalue weighted by Gasteiger charge is -2.16. The van der Waals surface area contributed by atoms with E-state index in [2.05, 4.69) is 10.3 Å². The summed E-state index contributed by atoms with van der Waals surface area (Å²) in [6.45, 7) is 0.665. The Hall–Kier alpha value is -4.58. The fourth-order valence-corrected chi connectivity index (χ4v) is 3.50. The quantitative estimate of drug-likeness (QED) is 0.188. The highest BCUT2D eigenvalue weighted by atomic mass is 16.5. The van der Waals surface area contributed by atoms with Gasteiger partial charge in [-0.15, -0.1) is 0 Å². The van der Waals surface area contributed by atoms with Gasteiger partial charge in [-0.25, -0.2) is 0 Å².